The number of piperazine rings is 1. The summed E-state index contributed by atoms with van der Waals surface area (Å²) in [6, 6.07) is 10.1. The average molecular weight is 566 g/mol. The molecular weight excluding hydrogens is 529 g/mol. The van der Waals surface area contributed by atoms with Crippen LogP contribution in [0, 0.1) is 0 Å². The lowest BCUT2D eigenvalue weighted by Gasteiger charge is -2.39. The van der Waals surface area contributed by atoms with E-state index in [4.69, 9.17) is 0 Å². The van der Waals surface area contributed by atoms with Crippen LogP contribution in [0.4, 0.5) is 0 Å². The standard InChI is InChI=1S/C24H35N7O.HI/c1-20(23(32)29-12-6-7-13-29)28-14-16-30(17-15-28)24(25-2)26-11-10-21-18-27-31(19-21)22-8-4-3-5-9-22;/h3-5,8-9,18-20H,6-7,10-17H2,1-2H3,(H,25,26);1H. The maximum Gasteiger partial charge on any atom is 0.239 e. The smallest absolute Gasteiger partial charge is 0.239 e. The quantitative estimate of drug-likeness (QED) is 0.331. The third kappa shape index (κ3) is 6.47. The number of guanidine groups is 1. The second-order valence-electron chi connectivity index (χ2n) is 8.58. The maximum absolute atomic E-state index is 12.7. The summed E-state index contributed by atoms with van der Waals surface area (Å²) in [5, 5.41) is 7.97. The number of carbonyl (C=O) groups excluding carboxylic acids is 1. The van der Waals surface area contributed by atoms with Gasteiger partial charge in [-0.25, -0.2) is 4.68 Å². The molecule has 0 radical (unpaired) electrons. The first-order valence-corrected chi connectivity index (χ1v) is 11.7. The number of halogens is 1. The third-order valence-electron chi connectivity index (χ3n) is 6.50. The molecule has 180 valence electrons. The summed E-state index contributed by atoms with van der Waals surface area (Å²) >= 11 is 0. The van der Waals surface area contributed by atoms with Gasteiger partial charge in [-0.05, 0) is 43.9 Å². The Morgan fingerprint density at radius 3 is 2.42 bits per heavy atom. The molecule has 1 N–H and O–H groups in total. The largest absolute Gasteiger partial charge is 0.356 e. The molecule has 2 aliphatic rings. The van der Waals surface area contributed by atoms with E-state index in [2.05, 4.69) is 50.5 Å². The molecule has 8 nitrogen and oxygen atoms in total. The lowest BCUT2D eigenvalue weighted by molar-refractivity contribution is -0.135. The molecule has 9 heteroatoms. The fourth-order valence-electron chi connectivity index (χ4n) is 4.54. The Kier molecular flexibility index (Phi) is 9.54. The van der Waals surface area contributed by atoms with E-state index in [1.165, 1.54) is 5.56 Å². The summed E-state index contributed by atoms with van der Waals surface area (Å²) in [5.41, 5.74) is 2.26. The Balaban J connectivity index is 0.00000306. The number of amides is 1. The molecule has 1 aromatic heterocycles. The summed E-state index contributed by atoms with van der Waals surface area (Å²) < 4.78 is 1.91. The first-order valence-electron chi connectivity index (χ1n) is 11.7. The minimum Gasteiger partial charge on any atom is -0.356 e. The highest BCUT2D eigenvalue weighted by Gasteiger charge is 2.30. The number of aliphatic imine (C=N–C) groups is 1. The van der Waals surface area contributed by atoms with Gasteiger partial charge >= 0.3 is 0 Å². The lowest BCUT2D eigenvalue weighted by atomic mass is 10.2. The molecule has 1 atom stereocenters. The highest BCUT2D eigenvalue weighted by atomic mass is 127. The lowest BCUT2D eigenvalue weighted by Crippen LogP contribution is -2.57. The molecular formula is C24H36IN7O. The minimum absolute atomic E-state index is 0. The van der Waals surface area contributed by atoms with Crippen LogP contribution in [0.2, 0.25) is 0 Å². The van der Waals surface area contributed by atoms with E-state index in [9.17, 15) is 4.79 Å². The Morgan fingerprint density at radius 2 is 1.76 bits per heavy atom. The second-order valence-corrected chi connectivity index (χ2v) is 8.58. The molecule has 4 rings (SSSR count). The number of para-hydroxylation sites is 1. The molecule has 2 saturated heterocycles. The Labute approximate surface area is 214 Å². The number of benzene rings is 1. The van der Waals surface area contributed by atoms with E-state index >= 15 is 0 Å². The van der Waals surface area contributed by atoms with Crippen molar-refractivity contribution in [3.8, 4) is 5.69 Å². The zero-order chi connectivity index (χ0) is 22.3. The Hall–Kier alpha value is -2.14. The van der Waals surface area contributed by atoms with Crippen LogP contribution in [0.15, 0.2) is 47.7 Å². The normalized spacial score (nSPS) is 18.2. The summed E-state index contributed by atoms with van der Waals surface area (Å²) in [6.45, 7) is 8.22. The van der Waals surface area contributed by atoms with Gasteiger partial charge < -0.3 is 15.1 Å². The van der Waals surface area contributed by atoms with Crippen LogP contribution in [-0.4, -0.2) is 95.2 Å². The number of likely N-dealkylation sites (tertiary alicyclic amines) is 1. The molecule has 33 heavy (non-hydrogen) atoms. The van der Waals surface area contributed by atoms with Crippen molar-refractivity contribution in [3.05, 3.63) is 48.3 Å². The maximum atomic E-state index is 12.7. The van der Waals surface area contributed by atoms with Gasteiger partial charge in [0.15, 0.2) is 5.96 Å². The van der Waals surface area contributed by atoms with Crippen molar-refractivity contribution in [3.63, 3.8) is 0 Å². The van der Waals surface area contributed by atoms with Crippen molar-refractivity contribution in [2.45, 2.75) is 32.2 Å². The zero-order valence-electron chi connectivity index (χ0n) is 19.7. The van der Waals surface area contributed by atoms with E-state index in [0.29, 0.717) is 0 Å². The molecule has 1 aromatic carbocycles. The number of nitrogens with zero attached hydrogens (tertiary/aromatic N) is 6. The van der Waals surface area contributed by atoms with Crippen LogP contribution in [0.3, 0.4) is 0 Å². The van der Waals surface area contributed by atoms with Crippen LogP contribution in [0.25, 0.3) is 5.69 Å². The van der Waals surface area contributed by atoms with E-state index in [1.807, 2.05) is 41.0 Å². The van der Waals surface area contributed by atoms with Crippen molar-refractivity contribution < 1.29 is 4.79 Å². The highest BCUT2D eigenvalue weighted by molar-refractivity contribution is 14.0. The van der Waals surface area contributed by atoms with E-state index < -0.39 is 0 Å². The molecule has 0 saturated carbocycles. The van der Waals surface area contributed by atoms with Gasteiger partial charge in [0.25, 0.3) is 0 Å². The Morgan fingerprint density at radius 1 is 1.06 bits per heavy atom. The SMILES string of the molecule is CN=C(NCCc1cnn(-c2ccccc2)c1)N1CCN(C(C)C(=O)N2CCCC2)CC1.I. The van der Waals surface area contributed by atoms with Crippen LogP contribution in [-0.2, 0) is 11.2 Å². The van der Waals surface area contributed by atoms with E-state index in [1.54, 1.807) is 0 Å². The average Bonchev–Trinajstić information content (AvgIpc) is 3.54. The monoisotopic (exact) mass is 565 g/mol. The molecule has 0 bridgehead atoms. The number of carbonyl (C=O) groups is 1. The van der Waals surface area contributed by atoms with Gasteiger partial charge in [0.1, 0.15) is 0 Å². The number of nitrogens with one attached hydrogen (secondary N) is 1. The van der Waals surface area contributed by atoms with Crippen molar-refractivity contribution in [2.24, 2.45) is 4.99 Å². The fourth-order valence-corrected chi connectivity index (χ4v) is 4.54. The van der Waals surface area contributed by atoms with Crippen molar-refractivity contribution in [1.29, 1.82) is 0 Å². The van der Waals surface area contributed by atoms with Crippen molar-refractivity contribution in [1.82, 2.24) is 29.8 Å². The summed E-state index contributed by atoms with van der Waals surface area (Å²) in [4.78, 5) is 23.8. The van der Waals surface area contributed by atoms with Crippen LogP contribution >= 0.6 is 24.0 Å². The van der Waals surface area contributed by atoms with Crippen LogP contribution < -0.4 is 5.32 Å². The summed E-state index contributed by atoms with van der Waals surface area (Å²) in [5.74, 6) is 1.22. The predicted molar refractivity (Wildman–Crippen MR) is 142 cm³/mol. The topological polar surface area (TPSA) is 69.0 Å². The third-order valence-corrected chi connectivity index (χ3v) is 6.50. The first kappa shape index (κ1) is 25.5. The van der Waals surface area contributed by atoms with Gasteiger partial charge in [0, 0.05) is 59.1 Å². The molecule has 0 aliphatic carbocycles. The molecule has 3 heterocycles. The summed E-state index contributed by atoms with van der Waals surface area (Å²) in [6.07, 6.45) is 7.17. The summed E-state index contributed by atoms with van der Waals surface area (Å²) in [7, 11) is 1.83. The molecule has 1 unspecified atom stereocenters. The van der Waals surface area contributed by atoms with Crippen LogP contribution in [0.1, 0.15) is 25.3 Å². The predicted octanol–water partition coefficient (Wildman–Crippen LogP) is 2.24. The molecule has 2 aromatic rings. The number of aromatic nitrogens is 2. The van der Waals surface area contributed by atoms with Gasteiger partial charge in [0.05, 0.1) is 17.9 Å². The molecule has 1 amide bonds. The fraction of sp³-hybridized carbons (Fsp3) is 0.542. The van der Waals surface area contributed by atoms with Crippen LogP contribution in [0.5, 0.6) is 0 Å². The zero-order valence-corrected chi connectivity index (χ0v) is 22.0. The van der Waals surface area contributed by atoms with E-state index in [-0.39, 0.29) is 35.9 Å². The highest BCUT2D eigenvalue weighted by Crippen LogP contribution is 2.14. The molecule has 0 spiro atoms. The van der Waals surface area contributed by atoms with Gasteiger partial charge in [-0.2, -0.15) is 5.10 Å². The molecule has 2 fully saturated rings. The number of hydrogen-bond acceptors (Lipinski definition) is 4. The van der Waals surface area contributed by atoms with Crippen molar-refractivity contribution in [2.75, 3.05) is 52.9 Å². The van der Waals surface area contributed by atoms with Gasteiger partial charge in [-0.1, -0.05) is 18.2 Å². The van der Waals surface area contributed by atoms with Gasteiger partial charge in [-0.3, -0.25) is 14.7 Å². The van der Waals surface area contributed by atoms with Crippen molar-refractivity contribution >= 4 is 35.8 Å². The molecule has 2 aliphatic heterocycles. The number of rotatable bonds is 6. The number of hydrogen-bond donors (Lipinski definition) is 1. The minimum atomic E-state index is -0.0358. The Bertz CT molecular complexity index is 903. The second kappa shape index (κ2) is 12.4. The van der Waals surface area contributed by atoms with Gasteiger partial charge in [-0.15, -0.1) is 24.0 Å². The van der Waals surface area contributed by atoms with Gasteiger partial charge in [0.2, 0.25) is 5.91 Å². The first-order chi connectivity index (χ1) is 15.7. The van der Waals surface area contributed by atoms with E-state index in [0.717, 1.165) is 76.7 Å².